The van der Waals surface area contributed by atoms with Gasteiger partial charge in [0.25, 0.3) is 5.95 Å². The summed E-state index contributed by atoms with van der Waals surface area (Å²) in [5.74, 6) is -1.87. The molecule has 0 spiro atoms. The molecule has 0 aliphatic carbocycles. The monoisotopic (exact) mass is 214 g/mol. The van der Waals surface area contributed by atoms with E-state index in [-0.39, 0.29) is 17.3 Å². The summed E-state index contributed by atoms with van der Waals surface area (Å²) in [4.78, 5) is 19.6. The van der Waals surface area contributed by atoms with Gasteiger partial charge in [-0.1, -0.05) is 0 Å². The quantitative estimate of drug-likeness (QED) is 0.700. The number of hydrogen-bond acceptors (Lipinski definition) is 6. The molecule has 0 aliphatic heterocycles. The molecule has 1 aromatic heterocycles. The van der Waals surface area contributed by atoms with Gasteiger partial charge >= 0.3 is 5.97 Å². The maximum Gasteiger partial charge on any atom is 0.360 e. The van der Waals surface area contributed by atoms with E-state index in [9.17, 15) is 9.18 Å². The highest BCUT2D eigenvalue weighted by atomic mass is 19.1. The summed E-state index contributed by atoms with van der Waals surface area (Å²) in [6.45, 7) is 0. The van der Waals surface area contributed by atoms with Crippen LogP contribution in [0.1, 0.15) is 10.5 Å². The fourth-order valence-electron chi connectivity index (χ4n) is 0.950. The summed E-state index contributed by atoms with van der Waals surface area (Å²) in [5, 5.41) is 0. The third-order valence-electron chi connectivity index (χ3n) is 1.67. The lowest BCUT2D eigenvalue weighted by Crippen LogP contribution is -2.18. The highest BCUT2D eigenvalue weighted by Crippen LogP contribution is 2.16. The van der Waals surface area contributed by atoms with Crippen molar-refractivity contribution in [2.24, 2.45) is 0 Å². The summed E-state index contributed by atoms with van der Waals surface area (Å²) in [6, 6.07) is 0. The van der Waals surface area contributed by atoms with Crippen LogP contribution in [-0.4, -0.2) is 37.1 Å². The molecule has 2 N–H and O–H groups in total. The minimum Gasteiger partial charge on any atom is -0.464 e. The smallest absolute Gasteiger partial charge is 0.360 e. The molecule has 0 amide bonds. The predicted molar refractivity (Wildman–Crippen MR) is 52.1 cm³/mol. The number of esters is 1. The first-order chi connectivity index (χ1) is 6.97. The van der Waals surface area contributed by atoms with E-state index in [1.807, 2.05) is 0 Å². The molecule has 1 rings (SSSR count). The van der Waals surface area contributed by atoms with Crippen LogP contribution in [0.2, 0.25) is 0 Å². The summed E-state index contributed by atoms with van der Waals surface area (Å²) >= 11 is 0. The Balaban J connectivity index is 3.25. The van der Waals surface area contributed by atoms with E-state index in [0.29, 0.717) is 0 Å². The van der Waals surface area contributed by atoms with Crippen LogP contribution in [0.15, 0.2) is 0 Å². The first kappa shape index (κ1) is 11.2. The molecule has 0 saturated heterocycles. The van der Waals surface area contributed by atoms with Gasteiger partial charge in [0.1, 0.15) is 0 Å². The minimum absolute atomic E-state index is 0.0276. The molecule has 15 heavy (non-hydrogen) atoms. The van der Waals surface area contributed by atoms with Gasteiger partial charge in [0.15, 0.2) is 17.3 Å². The summed E-state index contributed by atoms with van der Waals surface area (Å²) < 4.78 is 17.7. The number of rotatable bonds is 2. The molecule has 7 heteroatoms. The van der Waals surface area contributed by atoms with Crippen molar-refractivity contribution in [3.63, 3.8) is 0 Å². The first-order valence-corrected chi connectivity index (χ1v) is 4.06. The second kappa shape index (κ2) is 4.07. The third kappa shape index (κ3) is 2.12. The Morgan fingerprint density at radius 2 is 2.07 bits per heavy atom. The number of nitrogen functional groups attached to an aromatic ring is 1. The van der Waals surface area contributed by atoms with Gasteiger partial charge in [-0.25, -0.2) is 14.8 Å². The molecule has 0 bridgehead atoms. The number of hydrogen-bond donors (Lipinski definition) is 1. The van der Waals surface area contributed by atoms with Gasteiger partial charge in [0.2, 0.25) is 0 Å². The lowest BCUT2D eigenvalue weighted by molar-refractivity contribution is 0.0593. The Morgan fingerprint density at radius 3 is 2.53 bits per heavy atom. The molecule has 0 atom stereocenters. The standard InChI is InChI=1S/C8H11FN4O2/c1-13(2)7-5(9)11-4(6(10)12-7)8(14)15-3/h1-3H3,(H2,10,12). The number of carbonyl (C=O) groups excluding carboxylic acids is 1. The summed E-state index contributed by atoms with van der Waals surface area (Å²) in [5.41, 5.74) is 5.12. The van der Waals surface area contributed by atoms with Gasteiger partial charge in [-0.3, -0.25) is 0 Å². The largest absolute Gasteiger partial charge is 0.464 e. The van der Waals surface area contributed by atoms with Crippen LogP contribution < -0.4 is 10.6 Å². The lowest BCUT2D eigenvalue weighted by atomic mass is 10.4. The summed E-state index contributed by atoms with van der Waals surface area (Å²) in [7, 11) is 4.33. The Morgan fingerprint density at radius 1 is 1.47 bits per heavy atom. The summed E-state index contributed by atoms with van der Waals surface area (Å²) in [6.07, 6.45) is 0. The highest BCUT2D eigenvalue weighted by molar-refractivity contribution is 5.91. The van der Waals surface area contributed by atoms with Crippen molar-refractivity contribution in [1.82, 2.24) is 9.97 Å². The van der Waals surface area contributed by atoms with Crippen molar-refractivity contribution in [3.05, 3.63) is 11.6 Å². The Hall–Kier alpha value is -1.92. The molecule has 82 valence electrons. The zero-order valence-corrected chi connectivity index (χ0v) is 8.61. The van der Waals surface area contributed by atoms with E-state index in [4.69, 9.17) is 5.73 Å². The average molecular weight is 214 g/mol. The number of halogens is 1. The topological polar surface area (TPSA) is 81.3 Å². The van der Waals surface area contributed by atoms with Gasteiger partial charge in [0.05, 0.1) is 7.11 Å². The third-order valence-corrected chi connectivity index (χ3v) is 1.67. The van der Waals surface area contributed by atoms with Crippen molar-refractivity contribution in [2.45, 2.75) is 0 Å². The highest BCUT2D eigenvalue weighted by Gasteiger charge is 2.18. The van der Waals surface area contributed by atoms with E-state index in [1.54, 1.807) is 14.1 Å². The normalized spacial score (nSPS) is 9.87. The molecule has 0 radical (unpaired) electrons. The average Bonchev–Trinajstić information content (AvgIpc) is 2.19. The Labute approximate surface area is 85.9 Å². The van der Waals surface area contributed by atoms with Gasteiger partial charge in [-0.05, 0) is 0 Å². The van der Waals surface area contributed by atoms with Crippen LogP contribution >= 0.6 is 0 Å². The Bertz CT molecular complexity index is 394. The van der Waals surface area contributed by atoms with E-state index >= 15 is 0 Å². The number of ether oxygens (including phenoxy) is 1. The molecule has 0 fully saturated rings. The molecule has 0 aromatic carbocycles. The molecule has 1 aromatic rings. The molecule has 6 nitrogen and oxygen atoms in total. The number of carbonyl (C=O) groups is 1. The van der Waals surface area contributed by atoms with E-state index in [0.717, 1.165) is 7.11 Å². The van der Waals surface area contributed by atoms with Gasteiger partial charge in [-0.15, -0.1) is 0 Å². The fraction of sp³-hybridized carbons (Fsp3) is 0.375. The number of nitrogens with zero attached hydrogens (tertiary/aromatic N) is 3. The van der Waals surface area contributed by atoms with Crippen molar-refractivity contribution < 1.29 is 13.9 Å². The first-order valence-electron chi connectivity index (χ1n) is 4.06. The maximum absolute atomic E-state index is 13.3. The molecule has 0 saturated carbocycles. The van der Waals surface area contributed by atoms with Gasteiger partial charge < -0.3 is 15.4 Å². The molecular formula is C8H11FN4O2. The molecule has 0 unspecified atom stereocenters. The van der Waals surface area contributed by atoms with Crippen LogP contribution in [-0.2, 0) is 4.74 Å². The number of methoxy groups -OCH3 is 1. The number of aromatic nitrogens is 2. The second-order valence-corrected chi connectivity index (χ2v) is 2.96. The predicted octanol–water partition coefficient (Wildman–Crippen LogP) is 0.0505. The van der Waals surface area contributed by atoms with Crippen LogP contribution in [0.25, 0.3) is 0 Å². The molecule has 1 heterocycles. The Kier molecular flexibility index (Phi) is 3.03. The molecular weight excluding hydrogens is 203 g/mol. The van der Waals surface area contributed by atoms with Crippen molar-refractivity contribution in [2.75, 3.05) is 31.8 Å². The van der Waals surface area contributed by atoms with Gasteiger partial charge in [0, 0.05) is 14.1 Å². The van der Waals surface area contributed by atoms with Crippen LogP contribution in [0, 0.1) is 5.95 Å². The van der Waals surface area contributed by atoms with Crippen LogP contribution in [0.5, 0.6) is 0 Å². The maximum atomic E-state index is 13.3. The van der Waals surface area contributed by atoms with E-state index in [2.05, 4.69) is 14.7 Å². The number of anilines is 2. The zero-order chi connectivity index (χ0) is 11.6. The van der Waals surface area contributed by atoms with Crippen molar-refractivity contribution in [1.29, 1.82) is 0 Å². The van der Waals surface area contributed by atoms with Crippen LogP contribution in [0.3, 0.4) is 0 Å². The van der Waals surface area contributed by atoms with Crippen LogP contribution in [0.4, 0.5) is 16.0 Å². The van der Waals surface area contributed by atoms with E-state index < -0.39 is 11.9 Å². The van der Waals surface area contributed by atoms with E-state index in [1.165, 1.54) is 4.90 Å². The second-order valence-electron chi connectivity index (χ2n) is 2.96. The van der Waals surface area contributed by atoms with Gasteiger partial charge in [-0.2, -0.15) is 4.39 Å². The van der Waals surface area contributed by atoms with Crippen molar-refractivity contribution in [3.8, 4) is 0 Å². The number of nitrogens with two attached hydrogens (primary N) is 1. The zero-order valence-electron chi connectivity index (χ0n) is 8.61. The SMILES string of the molecule is COC(=O)c1nc(F)c(N(C)C)nc1N. The van der Waals surface area contributed by atoms with Crippen molar-refractivity contribution >= 4 is 17.6 Å². The minimum atomic E-state index is -0.866. The molecule has 0 aliphatic rings. The fourth-order valence-corrected chi connectivity index (χ4v) is 0.950. The lowest BCUT2D eigenvalue weighted by Gasteiger charge is -2.12.